The number of carbonyl (C=O) groups excluding carboxylic acids is 1. The summed E-state index contributed by atoms with van der Waals surface area (Å²) in [7, 11) is 1.49. The number of nitrogens with one attached hydrogen (secondary N) is 1. The van der Waals surface area contributed by atoms with Gasteiger partial charge in [0.05, 0.1) is 7.11 Å². The van der Waals surface area contributed by atoms with Crippen LogP contribution in [0.25, 0.3) is 0 Å². The highest BCUT2D eigenvalue weighted by Crippen LogP contribution is 2.43. The second kappa shape index (κ2) is 4.12. The number of esters is 1. The maximum atomic E-state index is 11.9. The van der Waals surface area contributed by atoms with Crippen LogP contribution in [0.3, 0.4) is 0 Å². The lowest BCUT2D eigenvalue weighted by molar-refractivity contribution is -0.150. The number of hydrogen-bond acceptors (Lipinski definition) is 3. The van der Waals surface area contributed by atoms with Gasteiger partial charge in [0.2, 0.25) is 0 Å². The molecule has 15 heavy (non-hydrogen) atoms. The molecule has 3 nitrogen and oxygen atoms in total. The fourth-order valence-electron chi connectivity index (χ4n) is 2.35. The second-order valence-corrected chi connectivity index (χ2v) is 4.92. The molecule has 2 fully saturated rings. The lowest BCUT2D eigenvalue weighted by Gasteiger charge is -2.31. The molecule has 1 atom stereocenters. The molecule has 2 rings (SSSR count). The van der Waals surface area contributed by atoms with Crippen molar-refractivity contribution in [2.24, 2.45) is 11.8 Å². The van der Waals surface area contributed by atoms with E-state index in [1.165, 1.54) is 32.8 Å². The molecule has 3 heteroatoms. The van der Waals surface area contributed by atoms with Crippen LogP contribution in [0, 0.1) is 11.8 Å². The van der Waals surface area contributed by atoms with E-state index in [-0.39, 0.29) is 11.5 Å². The topological polar surface area (TPSA) is 38.3 Å². The molecule has 2 saturated carbocycles. The molecule has 1 N–H and O–H groups in total. The molecule has 0 bridgehead atoms. The first-order chi connectivity index (χ1) is 7.23. The molecule has 0 aromatic carbocycles. The van der Waals surface area contributed by atoms with E-state index in [4.69, 9.17) is 4.74 Å². The van der Waals surface area contributed by atoms with Crippen molar-refractivity contribution in [3.63, 3.8) is 0 Å². The average Bonchev–Trinajstić information content (AvgIpc) is 3.10. The highest BCUT2D eigenvalue weighted by molar-refractivity contribution is 5.81. The Hall–Kier alpha value is -0.570. The summed E-state index contributed by atoms with van der Waals surface area (Å²) >= 11 is 0. The van der Waals surface area contributed by atoms with E-state index >= 15 is 0 Å². The summed E-state index contributed by atoms with van der Waals surface area (Å²) in [5.41, 5.74) is -0.378. The Morgan fingerprint density at radius 2 is 2.07 bits per heavy atom. The van der Waals surface area contributed by atoms with Crippen molar-refractivity contribution in [1.82, 2.24) is 5.32 Å². The van der Waals surface area contributed by atoms with E-state index in [1.807, 2.05) is 0 Å². The first kappa shape index (κ1) is 10.9. The van der Waals surface area contributed by atoms with E-state index in [9.17, 15) is 4.79 Å². The van der Waals surface area contributed by atoms with Crippen molar-refractivity contribution in [2.75, 3.05) is 13.7 Å². The number of ether oxygens (including phenoxy) is 1. The van der Waals surface area contributed by atoms with Crippen molar-refractivity contribution in [2.45, 2.75) is 44.6 Å². The van der Waals surface area contributed by atoms with Crippen LogP contribution < -0.4 is 5.32 Å². The maximum Gasteiger partial charge on any atom is 0.326 e. The van der Waals surface area contributed by atoms with E-state index < -0.39 is 0 Å². The van der Waals surface area contributed by atoms with Gasteiger partial charge < -0.3 is 10.1 Å². The molecule has 0 aromatic rings. The molecule has 0 saturated heterocycles. The van der Waals surface area contributed by atoms with Crippen molar-refractivity contribution in [3.05, 3.63) is 0 Å². The van der Waals surface area contributed by atoms with Gasteiger partial charge in [0.15, 0.2) is 0 Å². The molecule has 0 aromatic heterocycles. The van der Waals surface area contributed by atoms with Gasteiger partial charge in [0.25, 0.3) is 0 Å². The Kier molecular flexibility index (Phi) is 3.01. The van der Waals surface area contributed by atoms with Gasteiger partial charge in [-0.25, -0.2) is 0 Å². The molecular weight excluding hydrogens is 190 g/mol. The third-order valence-corrected chi connectivity index (χ3v) is 3.78. The van der Waals surface area contributed by atoms with Gasteiger partial charge in [-0.15, -0.1) is 0 Å². The predicted molar refractivity (Wildman–Crippen MR) is 58.5 cm³/mol. The monoisotopic (exact) mass is 211 g/mol. The zero-order valence-electron chi connectivity index (χ0n) is 9.71. The quantitative estimate of drug-likeness (QED) is 0.680. The lowest BCUT2D eigenvalue weighted by atomic mass is 9.90. The normalized spacial score (nSPS) is 24.7. The highest BCUT2D eigenvalue weighted by atomic mass is 16.5. The van der Waals surface area contributed by atoms with Gasteiger partial charge in [-0.05, 0) is 50.5 Å². The van der Waals surface area contributed by atoms with Crippen LogP contribution in [0.4, 0.5) is 0 Å². The number of rotatable bonds is 6. The molecule has 0 radical (unpaired) electrons. The van der Waals surface area contributed by atoms with Crippen LogP contribution in [0.1, 0.15) is 39.0 Å². The zero-order valence-corrected chi connectivity index (χ0v) is 9.71. The third-order valence-electron chi connectivity index (χ3n) is 3.78. The summed E-state index contributed by atoms with van der Waals surface area (Å²) in [6.07, 6.45) is 5.82. The standard InChI is InChI=1S/C12H21NO2/c1-3-12(10-6-7-10,11(14)15-2)13-8-9-4-5-9/h9-10,13H,3-8H2,1-2H3. The van der Waals surface area contributed by atoms with Crippen LogP contribution in [0.5, 0.6) is 0 Å². The van der Waals surface area contributed by atoms with E-state index in [2.05, 4.69) is 12.2 Å². The molecule has 86 valence electrons. The van der Waals surface area contributed by atoms with Crippen molar-refractivity contribution < 1.29 is 9.53 Å². The summed E-state index contributed by atoms with van der Waals surface area (Å²) < 4.78 is 4.96. The second-order valence-electron chi connectivity index (χ2n) is 4.92. The smallest absolute Gasteiger partial charge is 0.326 e. The summed E-state index contributed by atoms with van der Waals surface area (Å²) in [6.45, 7) is 3.06. The SMILES string of the molecule is CCC(NCC1CC1)(C(=O)OC)C1CC1. The highest BCUT2D eigenvalue weighted by Gasteiger charge is 2.50. The van der Waals surface area contributed by atoms with Crippen molar-refractivity contribution in [3.8, 4) is 0 Å². The van der Waals surface area contributed by atoms with Crippen molar-refractivity contribution in [1.29, 1.82) is 0 Å². The Labute approximate surface area is 91.6 Å². The maximum absolute atomic E-state index is 11.9. The molecule has 1 unspecified atom stereocenters. The molecule has 2 aliphatic carbocycles. The van der Waals surface area contributed by atoms with Gasteiger partial charge in [-0.2, -0.15) is 0 Å². The molecule has 2 aliphatic rings. The zero-order chi connectivity index (χ0) is 10.9. The first-order valence-electron chi connectivity index (χ1n) is 6.06. The molecular formula is C12H21NO2. The van der Waals surface area contributed by atoms with E-state index in [1.54, 1.807) is 0 Å². The van der Waals surface area contributed by atoms with Gasteiger partial charge in [-0.1, -0.05) is 6.92 Å². The first-order valence-corrected chi connectivity index (χ1v) is 6.06. The van der Waals surface area contributed by atoms with Gasteiger partial charge in [0, 0.05) is 0 Å². The van der Waals surface area contributed by atoms with Gasteiger partial charge in [-0.3, -0.25) is 4.79 Å². The van der Waals surface area contributed by atoms with Crippen molar-refractivity contribution >= 4 is 5.97 Å². The van der Waals surface area contributed by atoms with Gasteiger partial charge >= 0.3 is 5.97 Å². The van der Waals surface area contributed by atoms with Crippen LogP contribution in [0.2, 0.25) is 0 Å². The molecule has 0 heterocycles. The fourth-order valence-corrected chi connectivity index (χ4v) is 2.35. The Morgan fingerprint density at radius 1 is 1.40 bits per heavy atom. The minimum absolute atomic E-state index is 0.0619. The number of hydrogen-bond donors (Lipinski definition) is 1. The van der Waals surface area contributed by atoms with Crippen LogP contribution in [-0.2, 0) is 9.53 Å². The fraction of sp³-hybridized carbons (Fsp3) is 0.917. The lowest BCUT2D eigenvalue weighted by Crippen LogP contribution is -2.54. The van der Waals surface area contributed by atoms with Crippen LogP contribution in [-0.4, -0.2) is 25.2 Å². The predicted octanol–water partition coefficient (Wildman–Crippen LogP) is 1.72. The molecule has 0 amide bonds. The molecule has 0 aliphatic heterocycles. The molecule has 0 spiro atoms. The van der Waals surface area contributed by atoms with Crippen LogP contribution in [0.15, 0.2) is 0 Å². The minimum atomic E-state index is -0.378. The summed E-state index contributed by atoms with van der Waals surface area (Å²) in [6, 6.07) is 0. The average molecular weight is 211 g/mol. The van der Waals surface area contributed by atoms with Gasteiger partial charge in [0.1, 0.15) is 5.54 Å². The number of methoxy groups -OCH3 is 1. The Balaban J connectivity index is 2.00. The minimum Gasteiger partial charge on any atom is -0.468 e. The van der Waals surface area contributed by atoms with E-state index in [0.717, 1.165) is 18.9 Å². The van der Waals surface area contributed by atoms with E-state index in [0.29, 0.717) is 5.92 Å². The number of carbonyl (C=O) groups is 1. The Bertz CT molecular complexity index is 246. The summed E-state index contributed by atoms with van der Waals surface area (Å²) in [5, 5.41) is 3.48. The van der Waals surface area contributed by atoms with Crippen LogP contribution >= 0.6 is 0 Å². The largest absolute Gasteiger partial charge is 0.468 e. The Morgan fingerprint density at radius 3 is 2.47 bits per heavy atom. The summed E-state index contributed by atoms with van der Waals surface area (Å²) in [4.78, 5) is 11.9. The summed E-state index contributed by atoms with van der Waals surface area (Å²) in [5.74, 6) is 1.25. The third kappa shape index (κ3) is 2.17.